The van der Waals surface area contributed by atoms with Crippen molar-refractivity contribution in [3.63, 3.8) is 0 Å². The molecule has 35 heavy (non-hydrogen) atoms. The minimum Gasteiger partial charge on any atom is -0.487 e. The van der Waals surface area contributed by atoms with Crippen molar-refractivity contribution in [3.05, 3.63) is 117 Å². The average Bonchev–Trinajstić information content (AvgIpc) is 3.12. The van der Waals surface area contributed by atoms with Crippen molar-refractivity contribution in [3.8, 4) is 5.75 Å². The average molecular weight is 520 g/mol. The molecule has 0 aromatic heterocycles. The van der Waals surface area contributed by atoms with Crippen LogP contribution in [0, 0.1) is 0 Å². The van der Waals surface area contributed by atoms with Crippen molar-refractivity contribution < 1.29 is 14.3 Å². The van der Waals surface area contributed by atoms with E-state index in [0.29, 0.717) is 26.3 Å². The van der Waals surface area contributed by atoms with Crippen LogP contribution in [0.1, 0.15) is 16.7 Å². The van der Waals surface area contributed by atoms with E-state index < -0.39 is 0 Å². The monoisotopic (exact) mass is 519 g/mol. The van der Waals surface area contributed by atoms with Crippen LogP contribution < -0.4 is 4.74 Å². The molecule has 5 rings (SSSR count). The van der Waals surface area contributed by atoms with Crippen molar-refractivity contribution >= 4 is 63.0 Å². The van der Waals surface area contributed by atoms with Crippen LogP contribution in [-0.2, 0) is 17.9 Å². The summed E-state index contributed by atoms with van der Waals surface area (Å²) < 4.78 is 5.81. The molecule has 1 aliphatic rings. The molecular formula is C28H19Cl2NO3S. The lowest BCUT2D eigenvalue weighted by Gasteiger charge is -2.14. The van der Waals surface area contributed by atoms with E-state index in [1.54, 1.807) is 30.3 Å². The predicted molar refractivity (Wildman–Crippen MR) is 143 cm³/mol. The Bertz CT molecular complexity index is 1480. The summed E-state index contributed by atoms with van der Waals surface area (Å²) in [5, 5.41) is 2.83. The molecule has 0 saturated carbocycles. The highest BCUT2D eigenvalue weighted by Crippen LogP contribution is 2.35. The van der Waals surface area contributed by atoms with Gasteiger partial charge in [-0.25, -0.2) is 0 Å². The summed E-state index contributed by atoms with van der Waals surface area (Å²) in [5.74, 6) is 0.191. The Morgan fingerprint density at radius 2 is 1.57 bits per heavy atom. The number of hydrogen-bond acceptors (Lipinski definition) is 4. The van der Waals surface area contributed by atoms with Gasteiger partial charge in [-0.05, 0) is 57.9 Å². The maximum Gasteiger partial charge on any atom is 0.293 e. The third kappa shape index (κ3) is 5.08. The van der Waals surface area contributed by atoms with Gasteiger partial charge in [-0.3, -0.25) is 14.5 Å². The molecule has 1 fully saturated rings. The Hall–Kier alpha value is -3.25. The predicted octanol–water partition coefficient (Wildman–Crippen LogP) is 7.96. The summed E-state index contributed by atoms with van der Waals surface area (Å²) in [4.78, 5) is 27.4. The van der Waals surface area contributed by atoms with E-state index in [9.17, 15) is 9.59 Å². The number of carbonyl (C=O) groups excluding carboxylic acids is 2. The minimum absolute atomic E-state index is 0.221. The smallest absolute Gasteiger partial charge is 0.293 e. The van der Waals surface area contributed by atoms with Gasteiger partial charge in [0.05, 0.1) is 16.5 Å². The fraction of sp³-hybridized carbons (Fsp3) is 0.0714. The summed E-state index contributed by atoms with van der Waals surface area (Å²) in [5.41, 5.74) is 2.49. The van der Waals surface area contributed by atoms with Crippen LogP contribution in [0.15, 0.2) is 89.8 Å². The highest BCUT2D eigenvalue weighted by atomic mass is 35.5. The van der Waals surface area contributed by atoms with Crippen molar-refractivity contribution in [2.45, 2.75) is 13.2 Å². The normalized spacial score (nSPS) is 14.8. The van der Waals surface area contributed by atoms with E-state index >= 15 is 0 Å². The van der Waals surface area contributed by atoms with Gasteiger partial charge in [-0.15, -0.1) is 0 Å². The first-order valence-corrected chi connectivity index (χ1v) is 12.4. The molecule has 0 atom stereocenters. The van der Waals surface area contributed by atoms with E-state index in [4.69, 9.17) is 27.9 Å². The van der Waals surface area contributed by atoms with Crippen molar-refractivity contribution in [1.82, 2.24) is 4.90 Å². The number of fused-ring (bicyclic) bond motifs is 1. The number of benzene rings is 4. The van der Waals surface area contributed by atoms with Gasteiger partial charge in [0.15, 0.2) is 0 Å². The van der Waals surface area contributed by atoms with Crippen molar-refractivity contribution in [2.75, 3.05) is 0 Å². The molecule has 0 aliphatic carbocycles. The highest BCUT2D eigenvalue weighted by Gasteiger charge is 2.35. The molecule has 0 N–H and O–H groups in total. The van der Waals surface area contributed by atoms with Gasteiger partial charge in [0.25, 0.3) is 11.1 Å². The maximum atomic E-state index is 13.0. The molecule has 0 radical (unpaired) electrons. The fourth-order valence-electron chi connectivity index (χ4n) is 3.88. The third-order valence-electron chi connectivity index (χ3n) is 5.68. The third-order valence-corrected chi connectivity index (χ3v) is 7.25. The van der Waals surface area contributed by atoms with Crippen LogP contribution in [0.25, 0.3) is 16.8 Å². The lowest BCUT2D eigenvalue weighted by Crippen LogP contribution is -2.27. The second-order valence-corrected chi connectivity index (χ2v) is 9.78. The molecule has 4 aromatic rings. The van der Waals surface area contributed by atoms with E-state index in [1.165, 1.54) is 4.90 Å². The number of imide groups is 1. The molecular weight excluding hydrogens is 501 g/mol. The van der Waals surface area contributed by atoms with Gasteiger partial charge in [-0.1, -0.05) is 89.9 Å². The van der Waals surface area contributed by atoms with Gasteiger partial charge in [-0.2, -0.15) is 0 Å². The molecule has 1 saturated heterocycles. The zero-order valence-corrected chi connectivity index (χ0v) is 20.7. The molecule has 4 aromatic carbocycles. The Balaban J connectivity index is 1.31. The molecule has 1 heterocycles. The van der Waals surface area contributed by atoms with Gasteiger partial charge >= 0.3 is 0 Å². The minimum atomic E-state index is -0.317. The SMILES string of the molecule is O=C1S/C(=C\c2ccc(OCc3ccccc3Cl)c(Cl)c2)C(=O)N1Cc1cccc2ccccc12. The standard InChI is InChI=1S/C28H19Cl2NO3S/c29-23-11-4-2-7-21(23)17-34-25-13-12-18(14-24(25)30)15-26-27(32)31(28(33)35-26)16-20-9-5-8-19-6-1-3-10-22(19)20/h1-15H,16-17H2/b26-15-. The van der Waals surface area contributed by atoms with Gasteiger partial charge < -0.3 is 4.74 Å². The fourth-order valence-corrected chi connectivity index (χ4v) is 5.16. The summed E-state index contributed by atoms with van der Waals surface area (Å²) in [6.45, 7) is 0.505. The first-order chi connectivity index (χ1) is 17.0. The topological polar surface area (TPSA) is 46.6 Å². The molecule has 0 bridgehead atoms. The molecule has 0 unspecified atom stereocenters. The first-order valence-electron chi connectivity index (χ1n) is 10.9. The van der Waals surface area contributed by atoms with E-state index in [0.717, 1.165) is 33.7 Å². The molecule has 2 amide bonds. The highest BCUT2D eigenvalue weighted by molar-refractivity contribution is 8.18. The quantitative estimate of drug-likeness (QED) is 0.242. The summed E-state index contributed by atoms with van der Waals surface area (Å²) in [6.07, 6.45) is 1.68. The van der Waals surface area contributed by atoms with E-state index in [2.05, 4.69) is 0 Å². The molecule has 4 nitrogen and oxygen atoms in total. The maximum absolute atomic E-state index is 13.0. The molecule has 0 spiro atoms. The molecule has 1 aliphatic heterocycles. The number of halogens is 2. The van der Waals surface area contributed by atoms with Gasteiger partial charge in [0, 0.05) is 10.6 Å². The molecule has 7 heteroatoms. The van der Waals surface area contributed by atoms with Crippen LogP contribution in [0.4, 0.5) is 4.79 Å². The first kappa shape index (κ1) is 23.5. The Labute approximate surface area is 217 Å². The summed E-state index contributed by atoms with van der Waals surface area (Å²) in [7, 11) is 0. The van der Waals surface area contributed by atoms with Crippen LogP contribution in [0.3, 0.4) is 0 Å². The Kier molecular flexibility index (Phi) is 6.82. The lowest BCUT2D eigenvalue weighted by molar-refractivity contribution is -0.123. The number of thioether (sulfide) groups is 1. The zero-order chi connectivity index (χ0) is 24.4. The van der Waals surface area contributed by atoms with Crippen molar-refractivity contribution in [1.29, 1.82) is 0 Å². The van der Waals surface area contributed by atoms with Crippen LogP contribution in [0.2, 0.25) is 10.0 Å². The number of amides is 2. The van der Waals surface area contributed by atoms with Gasteiger partial charge in [0.2, 0.25) is 0 Å². The second kappa shape index (κ2) is 10.2. The Morgan fingerprint density at radius 3 is 2.40 bits per heavy atom. The second-order valence-electron chi connectivity index (χ2n) is 7.98. The van der Waals surface area contributed by atoms with Crippen LogP contribution in [-0.4, -0.2) is 16.0 Å². The number of ether oxygens (including phenoxy) is 1. The van der Waals surface area contributed by atoms with Crippen molar-refractivity contribution in [2.24, 2.45) is 0 Å². The van der Waals surface area contributed by atoms with E-state index in [-0.39, 0.29) is 24.3 Å². The number of hydrogen-bond donors (Lipinski definition) is 0. The summed E-state index contributed by atoms with van der Waals surface area (Å²) in [6, 6.07) is 26.5. The molecule has 174 valence electrons. The largest absolute Gasteiger partial charge is 0.487 e. The van der Waals surface area contributed by atoms with Crippen LogP contribution >= 0.6 is 35.0 Å². The van der Waals surface area contributed by atoms with Gasteiger partial charge in [0.1, 0.15) is 12.4 Å². The number of carbonyl (C=O) groups is 2. The lowest BCUT2D eigenvalue weighted by atomic mass is 10.0. The zero-order valence-electron chi connectivity index (χ0n) is 18.4. The van der Waals surface area contributed by atoms with Crippen LogP contribution in [0.5, 0.6) is 5.75 Å². The Morgan fingerprint density at radius 1 is 0.829 bits per heavy atom. The summed E-state index contributed by atoms with van der Waals surface area (Å²) >= 11 is 13.5. The number of nitrogens with zero attached hydrogens (tertiary/aromatic N) is 1. The number of rotatable bonds is 6. The van der Waals surface area contributed by atoms with E-state index in [1.807, 2.05) is 60.7 Å².